The van der Waals surface area contributed by atoms with E-state index in [1.54, 1.807) is 6.08 Å². The van der Waals surface area contributed by atoms with Crippen LogP contribution < -0.4 is 5.32 Å². The smallest absolute Gasteiger partial charge is 0.289 e. The van der Waals surface area contributed by atoms with Gasteiger partial charge in [0.25, 0.3) is 5.91 Å². The number of amides is 1. The Morgan fingerprint density at radius 3 is 3.07 bits per heavy atom. The van der Waals surface area contributed by atoms with Gasteiger partial charge in [-0.2, -0.15) is 0 Å². The molecule has 0 spiro atoms. The molecule has 0 aliphatic carbocycles. The van der Waals surface area contributed by atoms with Crippen molar-refractivity contribution in [2.75, 3.05) is 6.54 Å². The van der Waals surface area contributed by atoms with Gasteiger partial charge in [-0.05, 0) is 5.92 Å². The Balaban J connectivity index is 2.78. The third-order valence-electron chi connectivity index (χ3n) is 1.76. The molecule has 1 aromatic rings. The maximum atomic E-state index is 11.5. The van der Waals surface area contributed by atoms with E-state index < -0.39 is 0 Å². The van der Waals surface area contributed by atoms with Crippen molar-refractivity contribution in [3.05, 3.63) is 30.5 Å². The van der Waals surface area contributed by atoms with E-state index in [9.17, 15) is 4.79 Å². The molecule has 14 heavy (non-hydrogen) atoms. The summed E-state index contributed by atoms with van der Waals surface area (Å²) >= 11 is 0. The van der Waals surface area contributed by atoms with Crippen molar-refractivity contribution in [2.24, 2.45) is 0 Å². The Labute approximate surface area is 83.0 Å². The van der Waals surface area contributed by atoms with Crippen LogP contribution in [0, 0.1) is 0 Å². The molecule has 0 radical (unpaired) electrons. The summed E-state index contributed by atoms with van der Waals surface area (Å²) < 4.78 is 5.03. The summed E-state index contributed by atoms with van der Waals surface area (Å²) in [5.74, 6) is 0.228. The number of oxazole rings is 1. The maximum absolute atomic E-state index is 11.5. The number of rotatable bonds is 4. The van der Waals surface area contributed by atoms with Crippen LogP contribution in [-0.4, -0.2) is 17.4 Å². The maximum Gasteiger partial charge on any atom is 0.289 e. The molecule has 0 aliphatic rings. The first-order chi connectivity index (χ1) is 6.66. The molecule has 1 amide bonds. The lowest BCUT2D eigenvalue weighted by atomic mass is 10.1. The van der Waals surface area contributed by atoms with Gasteiger partial charge in [0.2, 0.25) is 5.76 Å². The van der Waals surface area contributed by atoms with Crippen molar-refractivity contribution in [1.29, 1.82) is 0 Å². The van der Waals surface area contributed by atoms with Crippen molar-refractivity contribution >= 4 is 5.91 Å². The van der Waals surface area contributed by atoms with Crippen molar-refractivity contribution in [2.45, 2.75) is 19.8 Å². The average Bonchev–Trinajstić information content (AvgIpc) is 2.62. The molecule has 1 aromatic heterocycles. The van der Waals surface area contributed by atoms with E-state index in [0.29, 0.717) is 18.0 Å². The minimum atomic E-state index is -0.244. The summed E-state index contributed by atoms with van der Waals surface area (Å²) in [5, 5.41) is 2.64. The third-order valence-corrected chi connectivity index (χ3v) is 1.76. The van der Waals surface area contributed by atoms with E-state index in [2.05, 4.69) is 16.9 Å². The fourth-order valence-electron chi connectivity index (χ4n) is 1.08. The van der Waals surface area contributed by atoms with Crippen LogP contribution in [0.25, 0.3) is 0 Å². The number of carbonyl (C=O) groups is 1. The molecular formula is C10H14N2O2. The largest absolute Gasteiger partial charge is 0.438 e. The first-order valence-electron chi connectivity index (χ1n) is 4.49. The summed E-state index contributed by atoms with van der Waals surface area (Å²) in [7, 11) is 0. The molecule has 4 heteroatoms. The molecule has 0 saturated carbocycles. The van der Waals surface area contributed by atoms with Gasteiger partial charge in [0.05, 0.1) is 5.69 Å². The number of hydrogen-bond acceptors (Lipinski definition) is 3. The van der Waals surface area contributed by atoms with E-state index in [4.69, 9.17) is 4.42 Å². The lowest BCUT2D eigenvalue weighted by molar-refractivity contribution is 0.0928. The zero-order valence-corrected chi connectivity index (χ0v) is 8.41. The van der Waals surface area contributed by atoms with Crippen LogP contribution in [0.2, 0.25) is 0 Å². The molecule has 0 aliphatic heterocycles. The van der Waals surface area contributed by atoms with Gasteiger partial charge >= 0.3 is 0 Å². The topological polar surface area (TPSA) is 55.1 Å². The Kier molecular flexibility index (Phi) is 3.45. The van der Waals surface area contributed by atoms with Gasteiger partial charge in [0.1, 0.15) is 0 Å². The highest BCUT2D eigenvalue weighted by Crippen LogP contribution is 2.16. The predicted octanol–water partition coefficient (Wildman–Crippen LogP) is 1.71. The lowest BCUT2D eigenvalue weighted by Gasteiger charge is -2.03. The Bertz CT molecular complexity index is 329. The zero-order valence-electron chi connectivity index (χ0n) is 8.41. The Morgan fingerprint density at radius 2 is 2.50 bits per heavy atom. The molecule has 0 aromatic carbocycles. The molecule has 4 nitrogen and oxygen atoms in total. The van der Waals surface area contributed by atoms with E-state index >= 15 is 0 Å². The quantitative estimate of drug-likeness (QED) is 0.742. The average molecular weight is 194 g/mol. The molecule has 1 N–H and O–H groups in total. The highest BCUT2D eigenvalue weighted by atomic mass is 16.3. The van der Waals surface area contributed by atoms with Gasteiger partial charge < -0.3 is 9.73 Å². The van der Waals surface area contributed by atoms with Crippen LogP contribution >= 0.6 is 0 Å². The van der Waals surface area contributed by atoms with Gasteiger partial charge in [-0.3, -0.25) is 4.79 Å². The SMILES string of the molecule is C=CCNC(=O)c1ocnc1C(C)C. The fourth-order valence-corrected chi connectivity index (χ4v) is 1.08. The van der Waals surface area contributed by atoms with E-state index in [-0.39, 0.29) is 11.8 Å². The van der Waals surface area contributed by atoms with Crippen LogP contribution in [0.1, 0.15) is 36.0 Å². The minimum absolute atomic E-state index is 0.179. The molecule has 0 atom stereocenters. The van der Waals surface area contributed by atoms with Crippen LogP contribution in [0.15, 0.2) is 23.5 Å². The van der Waals surface area contributed by atoms with E-state index in [1.807, 2.05) is 13.8 Å². The number of aromatic nitrogens is 1. The summed E-state index contributed by atoms with van der Waals surface area (Å²) in [6, 6.07) is 0. The van der Waals surface area contributed by atoms with Gasteiger partial charge in [0, 0.05) is 6.54 Å². The van der Waals surface area contributed by atoms with Crippen molar-refractivity contribution in [1.82, 2.24) is 10.3 Å². The highest BCUT2D eigenvalue weighted by Gasteiger charge is 2.18. The second kappa shape index (κ2) is 4.60. The molecule has 0 fully saturated rings. The van der Waals surface area contributed by atoms with Gasteiger partial charge in [-0.25, -0.2) is 4.98 Å². The number of hydrogen-bond donors (Lipinski definition) is 1. The zero-order chi connectivity index (χ0) is 10.6. The van der Waals surface area contributed by atoms with Gasteiger partial charge in [-0.15, -0.1) is 6.58 Å². The third kappa shape index (κ3) is 2.22. The summed E-state index contributed by atoms with van der Waals surface area (Å²) in [4.78, 5) is 15.5. The van der Waals surface area contributed by atoms with E-state index in [0.717, 1.165) is 0 Å². The molecular weight excluding hydrogens is 180 g/mol. The first-order valence-corrected chi connectivity index (χ1v) is 4.49. The molecule has 0 saturated heterocycles. The van der Waals surface area contributed by atoms with Crippen molar-refractivity contribution < 1.29 is 9.21 Å². The van der Waals surface area contributed by atoms with Gasteiger partial charge in [-0.1, -0.05) is 19.9 Å². The van der Waals surface area contributed by atoms with Crippen LogP contribution in [-0.2, 0) is 0 Å². The summed E-state index contributed by atoms with van der Waals surface area (Å²) in [5.41, 5.74) is 0.687. The van der Waals surface area contributed by atoms with Crippen molar-refractivity contribution in [3.63, 3.8) is 0 Å². The van der Waals surface area contributed by atoms with Crippen LogP contribution in [0.5, 0.6) is 0 Å². The normalized spacial score (nSPS) is 10.2. The highest BCUT2D eigenvalue weighted by molar-refractivity contribution is 5.92. The second-order valence-corrected chi connectivity index (χ2v) is 3.22. The molecule has 0 bridgehead atoms. The monoisotopic (exact) mass is 194 g/mol. The minimum Gasteiger partial charge on any atom is -0.438 e. The molecule has 0 unspecified atom stereocenters. The summed E-state index contributed by atoms with van der Waals surface area (Å²) in [6.45, 7) is 7.86. The molecule has 76 valence electrons. The Hall–Kier alpha value is -1.58. The van der Waals surface area contributed by atoms with E-state index in [1.165, 1.54) is 6.39 Å². The molecule has 1 heterocycles. The number of nitrogens with one attached hydrogen (secondary N) is 1. The van der Waals surface area contributed by atoms with Crippen LogP contribution in [0.4, 0.5) is 0 Å². The standard InChI is InChI=1S/C10H14N2O2/c1-4-5-11-10(13)9-8(7(2)3)12-6-14-9/h4,6-7H,1,5H2,2-3H3,(H,11,13). The lowest BCUT2D eigenvalue weighted by Crippen LogP contribution is -2.24. The van der Waals surface area contributed by atoms with Crippen LogP contribution in [0.3, 0.4) is 0 Å². The molecule has 1 rings (SSSR count). The number of nitrogens with zero attached hydrogens (tertiary/aromatic N) is 1. The second-order valence-electron chi connectivity index (χ2n) is 3.22. The number of carbonyl (C=O) groups excluding carboxylic acids is 1. The van der Waals surface area contributed by atoms with Gasteiger partial charge in [0.15, 0.2) is 6.39 Å². The Morgan fingerprint density at radius 1 is 1.79 bits per heavy atom. The summed E-state index contributed by atoms with van der Waals surface area (Å²) in [6.07, 6.45) is 2.90. The fraction of sp³-hybridized carbons (Fsp3) is 0.400. The van der Waals surface area contributed by atoms with Crippen molar-refractivity contribution in [3.8, 4) is 0 Å². The predicted molar refractivity (Wildman–Crippen MR) is 53.1 cm³/mol. The first kappa shape index (κ1) is 10.5.